The molecule has 0 nitrogen and oxygen atoms in total. The molecule has 2 heterocycles. The molecule has 0 unspecified atom stereocenters. The van der Waals surface area contributed by atoms with Gasteiger partial charge in [-0.2, -0.15) is 0 Å². The molecule has 2 bridgehead atoms. The molecule has 0 saturated carbocycles. The van der Waals surface area contributed by atoms with E-state index in [-0.39, 0.29) is 0 Å². The number of rotatable bonds is 0. The van der Waals surface area contributed by atoms with Gasteiger partial charge in [0.1, 0.15) is 0 Å². The van der Waals surface area contributed by atoms with E-state index in [2.05, 4.69) is 36.4 Å². The van der Waals surface area contributed by atoms with Gasteiger partial charge >= 0.3 is 134 Å². The predicted molar refractivity (Wildman–Crippen MR) is 84.2 cm³/mol. The third-order valence-electron chi connectivity index (χ3n) is 3.59. The summed E-state index contributed by atoms with van der Waals surface area (Å²) < 4.78 is 3.48. The van der Waals surface area contributed by atoms with Gasteiger partial charge in [0.25, 0.3) is 0 Å². The van der Waals surface area contributed by atoms with E-state index in [1.54, 1.807) is 31.2 Å². The molecule has 96 valence electrons. The van der Waals surface area contributed by atoms with Crippen molar-refractivity contribution in [1.82, 2.24) is 0 Å². The van der Waals surface area contributed by atoms with Gasteiger partial charge in [-0.1, -0.05) is 0 Å². The van der Waals surface area contributed by atoms with Crippen LogP contribution < -0.4 is 8.92 Å². The van der Waals surface area contributed by atoms with E-state index < -0.39 is 0 Å². The first-order valence-corrected chi connectivity index (χ1v) is 13.0. The van der Waals surface area contributed by atoms with Crippen molar-refractivity contribution in [1.29, 1.82) is 0 Å². The van der Waals surface area contributed by atoms with Crippen molar-refractivity contribution in [2.45, 2.75) is 21.3 Å². The van der Waals surface area contributed by atoms with Crippen LogP contribution in [0.1, 0.15) is 22.3 Å². The Morgan fingerprint density at radius 3 is 1.32 bits per heavy atom. The summed E-state index contributed by atoms with van der Waals surface area (Å²) in [5.41, 5.74) is 6.71. The van der Waals surface area contributed by atoms with E-state index in [0.717, 1.165) is 29.9 Å². The van der Waals surface area contributed by atoms with Gasteiger partial charge in [0.2, 0.25) is 0 Å². The van der Waals surface area contributed by atoms with Crippen molar-refractivity contribution in [2.24, 2.45) is 0 Å². The van der Waals surface area contributed by atoms with Crippen molar-refractivity contribution >= 4 is 53.8 Å². The molecule has 3 heteroatoms. The molecule has 0 N–H and O–H groups in total. The summed E-state index contributed by atoms with van der Waals surface area (Å²) in [7, 11) is 0. The Balaban J connectivity index is 1.95. The van der Waals surface area contributed by atoms with E-state index in [4.69, 9.17) is 0 Å². The van der Waals surface area contributed by atoms with Crippen molar-refractivity contribution in [2.75, 3.05) is 0 Å². The molecular formula is C16H14Se3. The maximum absolute atomic E-state index is 2.39. The molecule has 19 heavy (non-hydrogen) atoms. The van der Waals surface area contributed by atoms with Crippen molar-refractivity contribution in [3.05, 3.63) is 58.7 Å². The van der Waals surface area contributed by atoms with Crippen LogP contribution in [0.3, 0.4) is 0 Å². The molecule has 2 aromatic rings. The third kappa shape index (κ3) is 2.38. The summed E-state index contributed by atoms with van der Waals surface area (Å²) >= 11 is 2.02. The Bertz CT molecular complexity index is 534. The minimum absolute atomic E-state index is 0.546. The molecule has 0 atom stereocenters. The molecule has 2 aliphatic rings. The van der Waals surface area contributed by atoms with Crippen LogP contribution in [0.15, 0.2) is 36.4 Å². The molecule has 0 saturated heterocycles. The first-order valence-electron chi connectivity index (χ1n) is 6.47. The zero-order chi connectivity index (χ0) is 12.7. The normalized spacial score (nSPS) is 17.1. The quantitative estimate of drug-likeness (QED) is 0.529. The average Bonchev–Trinajstić information content (AvgIpc) is 2.37. The molecule has 2 aromatic carbocycles. The van der Waals surface area contributed by atoms with Gasteiger partial charge in [0.05, 0.1) is 0 Å². The fourth-order valence-electron chi connectivity index (χ4n) is 2.64. The topological polar surface area (TPSA) is 0 Å². The van der Waals surface area contributed by atoms with Gasteiger partial charge in [-0.05, 0) is 0 Å². The standard InChI is InChI=1S/C16H14Se3/c1-3-11-7-17-9-13-5-2-6-14-10-18-8-12(4-1)15(11)19-16(13)14/h1-6H,7-10H2. The SMILES string of the molecule is c1cc2c3c(c1)C[Se]Cc1cccc(c1[Se]3)C[Se]C2. The van der Waals surface area contributed by atoms with Gasteiger partial charge in [0, 0.05) is 0 Å². The first-order chi connectivity index (χ1) is 9.42. The van der Waals surface area contributed by atoms with Crippen LogP contribution in [0.25, 0.3) is 0 Å². The second kappa shape index (κ2) is 5.41. The summed E-state index contributed by atoms with van der Waals surface area (Å²) in [5, 5.41) is 5.37. The Morgan fingerprint density at radius 1 is 0.579 bits per heavy atom. The molecular weight excluding hydrogens is 429 g/mol. The van der Waals surface area contributed by atoms with Gasteiger partial charge < -0.3 is 0 Å². The summed E-state index contributed by atoms with van der Waals surface area (Å²) in [5.74, 6) is 0. The van der Waals surface area contributed by atoms with E-state index in [1.165, 1.54) is 21.3 Å². The Labute approximate surface area is 133 Å². The molecule has 0 aromatic heterocycles. The molecule has 0 radical (unpaired) electrons. The molecule has 4 rings (SSSR count). The van der Waals surface area contributed by atoms with E-state index in [0.29, 0.717) is 15.0 Å². The molecule has 0 amide bonds. The van der Waals surface area contributed by atoms with Crippen molar-refractivity contribution in [3.63, 3.8) is 0 Å². The average molecular weight is 443 g/mol. The number of benzene rings is 2. The van der Waals surface area contributed by atoms with E-state index in [1.807, 2.05) is 0 Å². The Morgan fingerprint density at radius 2 is 0.947 bits per heavy atom. The van der Waals surface area contributed by atoms with Crippen LogP contribution in [-0.2, 0) is 21.3 Å². The predicted octanol–water partition coefficient (Wildman–Crippen LogP) is 0.777. The van der Waals surface area contributed by atoms with Gasteiger partial charge in [-0.15, -0.1) is 0 Å². The van der Waals surface area contributed by atoms with Gasteiger partial charge in [0.15, 0.2) is 0 Å². The minimum atomic E-state index is 0.546. The second-order valence-electron chi connectivity index (χ2n) is 4.90. The van der Waals surface area contributed by atoms with Crippen molar-refractivity contribution < 1.29 is 0 Å². The zero-order valence-electron chi connectivity index (χ0n) is 10.5. The molecule has 0 aliphatic carbocycles. The molecule has 2 aliphatic heterocycles. The third-order valence-corrected chi connectivity index (χ3v) is 11.0. The van der Waals surface area contributed by atoms with Crippen LogP contribution in [0.5, 0.6) is 0 Å². The summed E-state index contributed by atoms with van der Waals surface area (Å²) in [6.45, 7) is 0. The number of hydrogen-bond acceptors (Lipinski definition) is 0. The summed E-state index contributed by atoms with van der Waals surface area (Å²) in [4.78, 5) is 0. The Kier molecular flexibility index (Phi) is 3.62. The maximum atomic E-state index is 2.39. The van der Waals surface area contributed by atoms with Gasteiger partial charge in [-0.3, -0.25) is 0 Å². The van der Waals surface area contributed by atoms with E-state index in [9.17, 15) is 0 Å². The molecule has 0 fully saturated rings. The number of hydrogen-bond donors (Lipinski definition) is 0. The zero-order valence-corrected chi connectivity index (χ0v) is 15.7. The summed E-state index contributed by atoms with van der Waals surface area (Å²) in [6.07, 6.45) is 0. The first kappa shape index (κ1) is 12.7. The van der Waals surface area contributed by atoms with Crippen LogP contribution >= 0.6 is 0 Å². The van der Waals surface area contributed by atoms with Crippen LogP contribution in [0.4, 0.5) is 0 Å². The van der Waals surface area contributed by atoms with Crippen LogP contribution in [0, 0.1) is 0 Å². The van der Waals surface area contributed by atoms with E-state index >= 15 is 0 Å². The van der Waals surface area contributed by atoms with Crippen LogP contribution in [-0.4, -0.2) is 44.9 Å². The van der Waals surface area contributed by atoms with Gasteiger partial charge in [-0.25, -0.2) is 0 Å². The Hall–Kier alpha value is -0.00156. The molecule has 0 spiro atoms. The fourth-order valence-corrected chi connectivity index (χ4v) is 11.5. The van der Waals surface area contributed by atoms with Crippen molar-refractivity contribution in [3.8, 4) is 0 Å². The monoisotopic (exact) mass is 446 g/mol. The second-order valence-corrected chi connectivity index (χ2v) is 11.2. The fraction of sp³-hybridized carbons (Fsp3) is 0.250. The van der Waals surface area contributed by atoms with Crippen LogP contribution in [0.2, 0.25) is 0 Å². The summed E-state index contributed by atoms with van der Waals surface area (Å²) in [6, 6.07) is 14.2.